The molecule has 5 aromatic carbocycles. The Hall–Kier alpha value is -4.06. The SMILES string of the molecule is Brc1ccc2c3ccc(Br)cc3n(-c3cccc(-c4nc(-c5ccccc5)cc(-c5ccccc5)n4)c3)c2c1. The number of halogens is 2. The molecule has 3 nitrogen and oxygen atoms in total. The maximum atomic E-state index is 5.04. The maximum Gasteiger partial charge on any atom is 0.160 e. The highest BCUT2D eigenvalue weighted by atomic mass is 79.9. The molecule has 0 saturated carbocycles. The number of hydrogen-bond acceptors (Lipinski definition) is 2. The van der Waals surface area contributed by atoms with Crippen molar-refractivity contribution in [3.05, 3.63) is 136 Å². The van der Waals surface area contributed by atoms with Crippen molar-refractivity contribution < 1.29 is 0 Å². The first kappa shape index (κ1) is 24.0. The highest BCUT2D eigenvalue weighted by Crippen LogP contribution is 2.36. The van der Waals surface area contributed by atoms with Crippen LogP contribution in [0.3, 0.4) is 0 Å². The van der Waals surface area contributed by atoms with Crippen LogP contribution in [0.15, 0.2) is 136 Å². The van der Waals surface area contributed by atoms with Crippen LogP contribution in [0.1, 0.15) is 0 Å². The molecular formula is C34H21Br2N3. The van der Waals surface area contributed by atoms with E-state index in [1.165, 1.54) is 10.8 Å². The van der Waals surface area contributed by atoms with Crippen LogP contribution < -0.4 is 0 Å². The average Bonchev–Trinajstić information content (AvgIpc) is 3.30. The quantitative estimate of drug-likeness (QED) is 0.194. The molecule has 2 aromatic heterocycles. The van der Waals surface area contributed by atoms with E-state index in [1.807, 2.05) is 36.4 Å². The molecule has 2 heterocycles. The van der Waals surface area contributed by atoms with Gasteiger partial charge in [0.25, 0.3) is 0 Å². The van der Waals surface area contributed by atoms with Gasteiger partial charge in [0, 0.05) is 42.1 Å². The molecule has 0 aliphatic heterocycles. The standard InChI is InChI=1S/C34H21Br2N3/c35-25-14-16-28-29-17-15-26(36)20-33(29)39(32(28)19-25)27-13-7-12-24(18-27)34-37-30(22-8-3-1-4-9-22)21-31(38-34)23-10-5-2-6-11-23/h1-21H. The van der Waals surface area contributed by atoms with Gasteiger partial charge in [0.1, 0.15) is 0 Å². The van der Waals surface area contributed by atoms with Gasteiger partial charge in [-0.1, -0.05) is 117 Å². The molecule has 0 radical (unpaired) electrons. The Morgan fingerprint density at radius 1 is 0.462 bits per heavy atom. The fraction of sp³-hybridized carbons (Fsp3) is 0. The maximum absolute atomic E-state index is 5.04. The highest BCUT2D eigenvalue weighted by molar-refractivity contribution is 9.10. The third-order valence-corrected chi connectivity index (χ3v) is 7.91. The van der Waals surface area contributed by atoms with Crippen molar-refractivity contribution in [1.82, 2.24) is 14.5 Å². The van der Waals surface area contributed by atoms with Gasteiger partial charge in [-0.05, 0) is 42.5 Å². The fourth-order valence-electron chi connectivity index (χ4n) is 5.12. The Balaban J connectivity index is 1.45. The summed E-state index contributed by atoms with van der Waals surface area (Å²) in [5.74, 6) is 0.695. The average molecular weight is 631 g/mol. The highest BCUT2D eigenvalue weighted by Gasteiger charge is 2.15. The van der Waals surface area contributed by atoms with Crippen molar-refractivity contribution in [3.63, 3.8) is 0 Å². The molecule has 0 N–H and O–H groups in total. The summed E-state index contributed by atoms with van der Waals surface area (Å²) in [6.45, 7) is 0. The molecule has 0 atom stereocenters. The summed E-state index contributed by atoms with van der Waals surface area (Å²) in [4.78, 5) is 10.1. The Morgan fingerprint density at radius 2 is 0.974 bits per heavy atom. The number of fused-ring (bicyclic) bond motifs is 3. The minimum atomic E-state index is 0.695. The van der Waals surface area contributed by atoms with Crippen LogP contribution in [0, 0.1) is 0 Å². The lowest BCUT2D eigenvalue weighted by Gasteiger charge is -2.12. The summed E-state index contributed by atoms with van der Waals surface area (Å²) in [5.41, 5.74) is 8.21. The van der Waals surface area contributed by atoms with E-state index < -0.39 is 0 Å². The Kier molecular flexibility index (Phi) is 6.11. The van der Waals surface area contributed by atoms with Gasteiger partial charge in [-0.15, -0.1) is 0 Å². The molecule has 186 valence electrons. The van der Waals surface area contributed by atoms with E-state index in [0.717, 1.165) is 53.7 Å². The second-order valence-corrected chi connectivity index (χ2v) is 11.2. The van der Waals surface area contributed by atoms with E-state index in [0.29, 0.717) is 5.82 Å². The van der Waals surface area contributed by atoms with Crippen molar-refractivity contribution in [2.45, 2.75) is 0 Å². The lowest BCUT2D eigenvalue weighted by atomic mass is 10.1. The van der Waals surface area contributed by atoms with E-state index in [4.69, 9.17) is 9.97 Å². The van der Waals surface area contributed by atoms with Crippen molar-refractivity contribution in [3.8, 4) is 39.6 Å². The molecule has 7 rings (SSSR count). The predicted octanol–water partition coefficient (Wildman–Crippen LogP) is 10.1. The van der Waals surface area contributed by atoms with Gasteiger partial charge in [-0.3, -0.25) is 0 Å². The van der Waals surface area contributed by atoms with Crippen LogP contribution in [0.4, 0.5) is 0 Å². The van der Waals surface area contributed by atoms with E-state index >= 15 is 0 Å². The summed E-state index contributed by atoms with van der Waals surface area (Å²) in [6.07, 6.45) is 0. The zero-order valence-electron chi connectivity index (χ0n) is 20.7. The second kappa shape index (κ2) is 9.92. The largest absolute Gasteiger partial charge is 0.309 e. The molecular weight excluding hydrogens is 610 g/mol. The Labute approximate surface area is 243 Å². The molecule has 0 fully saturated rings. The molecule has 0 bridgehead atoms. The van der Waals surface area contributed by atoms with Crippen LogP contribution in [-0.2, 0) is 0 Å². The molecule has 0 spiro atoms. The second-order valence-electron chi connectivity index (χ2n) is 9.40. The number of nitrogens with zero attached hydrogens (tertiary/aromatic N) is 3. The van der Waals surface area contributed by atoms with Crippen molar-refractivity contribution >= 4 is 53.7 Å². The van der Waals surface area contributed by atoms with E-state index in [9.17, 15) is 0 Å². The van der Waals surface area contributed by atoms with Gasteiger partial charge < -0.3 is 4.57 Å². The van der Waals surface area contributed by atoms with Gasteiger partial charge in [0.15, 0.2) is 5.82 Å². The molecule has 0 aliphatic carbocycles. The van der Waals surface area contributed by atoms with E-state index in [1.54, 1.807) is 0 Å². The smallest absolute Gasteiger partial charge is 0.160 e. The molecule has 0 amide bonds. The van der Waals surface area contributed by atoms with Crippen LogP contribution in [-0.4, -0.2) is 14.5 Å². The zero-order chi connectivity index (χ0) is 26.3. The van der Waals surface area contributed by atoms with Gasteiger partial charge in [-0.25, -0.2) is 9.97 Å². The van der Waals surface area contributed by atoms with E-state index in [-0.39, 0.29) is 0 Å². The Bertz CT molecular complexity index is 1860. The minimum Gasteiger partial charge on any atom is -0.309 e. The monoisotopic (exact) mass is 629 g/mol. The first-order valence-electron chi connectivity index (χ1n) is 12.6. The van der Waals surface area contributed by atoms with E-state index in [2.05, 4.69) is 127 Å². The van der Waals surface area contributed by atoms with Crippen LogP contribution in [0.5, 0.6) is 0 Å². The summed E-state index contributed by atoms with van der Waals surface area (Å²) >= 11 is 7.36. The molecule has 5 heteroatoms. The molecule has 0 saturated heterocycles. The predicted molar refractivity (Wildman–Crippen MR) is 168 cm³/mol. The first-order valence-corrected chi connectivity index (χ1v) is 14.2. The fourth-order valence-corrected chi connectivity index (χ4v) is 5.82. The van der Waals surface area contributed by atoms with Gasteiger partial charge in [-0.2, -0.15) is 0 Å². The third kappa shape index (κ3) is 4.48. The Morgan fingerprint density at radius 3 is 1.51 bits per heavy atom. The number of hydrogen-bond donors (Lipinski definition) is 0. The van der Waals surface area contributed by atoms with Gasteiger partial charge in [0.2, 0.25) is 0 Å². The molecule has 0 aliphatic rings. The zero-order valence-corrected chi connectivity index (χ0v) is 23.9. The lowest BCUT2D eigenvalue weighted by Crippen LogP contribution is -1.98. The lowest BCUT2D eigenvalue weighted by molar-refractivity contribution is 1.16. The van der Waals surface area contributed by atoms with Crippen molar-refractivity contribution in [2.24, 2.45) is 0 Å². The number of benzene rings is 5. The van der Waals surface area contributed by atoms with Crippen molar-refractivity contribution in [2.75, 3.05) is 0 Å². The summed E-state index contributed by atoms with van der Waals surface area (Å²) in [6, 6.07) is 44.0. The van der Waals surface area contributed by atoms with Crippen LogP contribution in [0.25, 0.3) is 61.4 Å². The molecule has 39 heavy (non-hydrogen) atoms. The number of aromatic nitrogens is 3. The topological polar surface area (TPSA) is 30.7 Å². The summed E-state index contributed by atoms with van der Waals surface area (Å²) in [5, 5.41) is 2.42. The molecule has 0 unspecified atom stereocenters. The first-order chi connectivity index (χ1) is 19.1. The van der Waals surface area contributed by atoms with Gasteiger partial charge in [0.05, 0.1) is 22.4 Å². The van der Waals surface area contributed by atoms with Crippen LogP contribution >= 0.6 is 31.9 Å². The summed E-state index contributed by atoms with van der Waals surface area (Å²) < 4.78 is 4.39. The van der Waals surface area contributed by atoms with Crippen molar-refractivity contribution in [1.29, 1.82) is 0 Å². The molecule has 7 aromatic rings. The number of rotatable bonds is 4. The minimum absolute atomic E-state index is 0.695. The van der Waals surface area contributed by atoms with Gasteiger partial charge >= 0.3 is 0 Å². The summed E-state index contributed by atoms with van der Waals surface area (Å²) in [7, 11) is 0. The normalized spacial score (nSPS) is 11.3. The third-order valence-electron chi connectivity index (χ3n) is 6.92. The van der Waals surface area contributed by atoms with Crippen LogP contribution in [0.2, 0.25) is 0 Å².